The van der Waals surface area contributed by atoms with E-state index in [0.717, 1.165) is 4.90 Å². The lowest BCUT2D eigenvalue weighted by molar-refractivity contribution is -0.137. The molecule has 0 bridgehead atoms. The number of hydrogen-bond acceptors (Lipinski definition) is 7. The van der Waals surface area contributed by atoms with Gasteiger partial charge in [-0.1, -0.05) is 12.1 Å². The number of carbonyl (C=O) groups excluding carboxylic acids is 3. The largest absolute Gasteiger partial charge is 0.486 e. The number of furan rings is 1. The highest BCUT2D eigenvalue weighted by atomic mass is 16.6. The second kappa shape index (κ2) is 8.78. The molecule has 3 amide bonds. The Morgan fingerprint density at radius 1 is 0.941 bits per heavy atom. The van der Waals surface area contributed by atoms with Crippen LogP contribution >= 0.6 is 0 Å². The van der Waals surface area contributed by atoms with Crippen molar-refractivity contribution in [2.75, 3.05) is 23.8 Å². The van der Waals surface area contributed by atoms with E-state index in [1.54, 1.807) is 54.6 Å². The Hall–Kier alpha value is -4.53. The molecule has 3 aromatic rings. The third-order valence-electron chi connectivity index (χ3n) is 5.37. The zero-order valence-electron chi connectivity index (χ0n) is 18.3. The fourth-order valence-electron chi connectivity index (χ4n) is 3.85. The van der Waals surface area contributed by atoms with Gasteiger partial charge in [0, 0.05) is 24.4 Å². The minimum atomic E-state index is -0.475. The van der Waals surface area contributed by atoms with Crippen LogP contribution in [0.1, 0.15) is 18.2 Å². The van der Waals surface area contributed by atoms with Crippen molar-refractivity contribution in [1.82, 2.24) is 4.90 Å². The maximum Gasteiger partial charge on any atom is 0.278 e. The van der Waals surface area contributed by atoms with Crippen LogP contribution in [0.4, 0.5) is 11.4 Å². The number of benzene rings is 2. The molecule has 2 aliphatic heterocycles. The van der Waals surface area contributed by atoms with Crippen LogP contribution in [0.2, 0.25) is 0 Å². The van der Waals surface area contributed by atoms with Crippen LogP contribution in [0.25, 0.3) is 5.57 Å². The molecule has 0 aliphatic carbocycles. The van der Waals surface area contributed by atoms with Gasteiger partial charge in [0.1, 0.15) is 24.7 Å². The van der Waals surface area contributed by atoms with E-state index in [9.17, 15) is 14.4 Å². The lowest BCUT2D eigenvalue weighted by Gasteiger charge is -2.19. The van der Waals surface area contributed by atoms with Gasteiger partial charge in [-0.2, -0.15) is 0 Å². The summed E-state index contributed by atoms with van der Waals surface area (Å²) in [4.78, 5) is 39.2. The molecule has 9 nitrogen and oxygen atoms in total. The van der Waals surface area contributed by atoms with Crippen LogP contribution in [-0.2, 0) is 20.9 Å². The monoisotopic (exact) mass is 459 g/mol. The quantitative estimate of drug-likeness (QED) is 0.544. The zero-order chi connectivity index (χ0) is 23.7. The number of carbonyl (C=O) groups is 3. The number of ether oxygens (including phenoxy) is 2. The topological polar surface area (TPSA) is 110 Å². The SMILES string of the molecule is CC(=O)Nc1ccc(C2=C(Nc3ccc4c(c3)OCCO4)C(=O)N(Cc3ccco3)C2=O)cc1. The highest BCUT2D eigenvalue weighted by molar-refractivity contribution is 6.36. The molecule has 0 unspecified atom stereocenters. The van der Waals surface area contributed by atoms with E-state index in [1.807, 2.05) is 0 Å². The molecule has 5 rings (SSSR count). The molecule has 0 saturated heterocycles. The second-order valence-corrected chi connectivity index (χ2v) is 7.77. The van der Waals surface area contributed by atoms with Crippen LogP contribution in [0.5, 0.6) is 11.5 Å². The van der Waals surface area contributed by atoms with Crippen molar-refractivity contribution in [2.24, 2.45) is 0 Å². The molecule has 1 aromatic heterocycles. The van der Waals surface area contributed by atoms with E-state index in [4.69, 9.17) is 13.9 Å². The first-order chi connectivity index (χ1) is 16.5. The summed E-state index contributed by atoms with van der Waals surface area (Å²) < 4.78 is 16.5. The fourth-order valence-corrected chi connectivity index (χ4v) is 3.85. The number of rotatable bonds is 6. The zero-order valence-corrected chi connectivity index (χ0v) is 18.3. The minimum absolute atomic E-state index is 0.00443. The number of hydrogen-bond donors (Lipinski definition) is 2. The average Bonchev–Trinajstić information content (AvgIpc) is 3.42. The number of nitrogens with one attached hydrogen (secondary N) is 2. The molecule has 2 aromatic carbocycles. The van der Waals surface area contributed by atoms with Crippen LogP contribution < -0.4 is 20.1 Å². The summed E-state index contributed by atoms with van der Waals surface area (Å²) in [6, 6.07) is 15.4. The molecule has 0 radical (unpaired) electrons. The number of amides is 3. The lowest BCUT2D eigenvalue weighted by Crippen LogP contribution is -2.31. The molecular formula is C25H21N3O6. The molecule has 0 fully saturated rings. The smallest absolute Gasteiger partial charge is 0.278 e. The van der Waals surface area contributed by atoms with Crippen molar-refractivity contribution >= 4 is 34.7 Å². The van der Waals surface area contributed by atoms with Crippen molar-refractivity contribution in [3.05, 3.63) is 77.9 Å². The predicted molar refractivity (Wildman–Crippen MR) is 123 cm³/mol. The maximum atomic E-state index is 13.4. The van der Waals surface area contributed by atoms with Crippen LogP contribution in [-0.4, -0.2) is 35.8 Å². The molecule has 0 atom stereocenters. The van der Waals surface area contributed by atoms with Gasteiger partial charge in [-0.15, -0.1) is 0 Å². The van der Waals surface area contributed by atoms with E-state index >= 15 is 0 Å². The third kappa shape index (κ3) is 4.11. The number of anilines is 2. The summed E-state index contributed by atoms with van der Waals surface area (Å²) in [6.45, 7) is 2.32. The van der Waals surface area contributed by atoms with Crippen molar-refractivity contribution in [3.8, 4) is 11.5 Å². The molecule has 0 saturated carbocycles. The van der Waals surface area contributed by atoms with Gasteiger partial charge >= 0.3 is 0 Å². The fraction of sp³-hybridized carbons (Fsp3) is 0.160. The summed E-state index contributed by atoms with van der Waals surface area (Å²) >= 11 is 0. The summed E-state index contributed by atoms with van der Waals surface area (Å²) in [7, 11) is 0. The molecule has 9 heteroatoms. The third-order valence-corrected chi connectivity index (χ3v) is 5.37. The van der Waals surface area contributed by atoms with Crippen molar-refractivity contribution < 1.29 is 28.3 Å². The molecule has 2 aliphatic rings. The van der Waals surface area contributed by atoms with Gasteiger partial charge in [-0.3, -0.25) is 19.3 Å². The van der Waals surface area contributed by atoms with E-state index in [0.29, 0.717) is 47.4 Å². The summed E-state index contributed by atoms with van der Waals surface area (Å²) in [5.41, 5.74) is 2.06. The van der Waals surface area contributed by atoms with Crippen LogP contribution in [0.15, 0.2) is 71.0 Å². The van der Waals surface area contributed by atoms with Gasteiger partial charge in [-0.05, 0) is 42.0 Å². The number of imide groups is 1. The highest BCUT2D eigenvalue weighted by Crippen LogP contribution is 2.36. The average molecular weight is 459 g/mol. The van der Waals surface area contributed by atoms with Gasteiger partial charge < -0.3 is 24.5 Å². The lowest BCUT2D eigenvalue weighted by atomic mass is 10.0. The van der Waals surface area contributed by atoms with Crippen molar-refractivity contribution in [3.63, 3.8) is 0 Å². The second-order valence-electron chi connectivity index (χ2n) is 7.77. The molecule has 0 spiro atoms. The standard InChI is InChI=1S/C25H21N3O6/c1-15(29)26-17-6-4-16(5-7-17)22-23(25(31)28(24(22)30)14-19-3-2-10-32-19)27-18-8-9-20-21(13-18)34-12-11-33-20/h2-10,13,27H,11-12,14H2,1H3,(H,26,29). The first-order valence-electron chi connectivity index (χ1n) is 10.7. The van der Waals surface area contributed by atoms with E-state index in [-0.39, 0.29) is 23.7 Å². The molecule has 2 N–H and O–H groups in total. The van der Waals surface area contributed by atoms with Crippen LogP contribution in [0.3, 0.4) is 0 Å². The number of nitrogens with zero attached hydrogens (tertiary/aromatic N) is 1. The van der Waals surface area contributed by atoms with Gasteiger partial charge in [-0.25, -0.2) is 0 Å². The Morgan fingerprint density at radius 3 is 2.38 bits per heavy atom. The van der Waals surface area contributed by atoms with E-state index in [1.165, 1.54) is 13.2 Å². The normalized spacial score (nSPS) is 15.0. The van der Waals surface area contributed by atoms with E-state index in [2.05, 4.69) is 10.6 Å². The minimum Gasteiger partial charge on any atom is -0.486 e. The Bertz CT molecular complexity index is 1290. The van der Waals surface area contributed by atoms with Gasteiger partial charge in [0.15, 0.2) is 11.5 Å². The predicted octanol–water partition coefficient (Wildman–Crippen LogP) is 3.40. The summed E-state index contributed by atoms with van der Waals surface area (Å²) in [6.07, 6.45) is 1.49. The Balaban J connectivity index is 1.51. The van der Waals surface area contributed by atoms with Crippen molar-refractivity contribution in [1.29, 1.82) is 0 Å². The number of fused-ring (bicyclic) bond motifs is 1. The first-order valence-corrected chi connectivity index (χ1v) is 10.7. The van der Waals surface area contributed by atoms with E-state index < -0.39 is 11.8 Å². The summed E-state index contributed by atoms with van der Waals surface area (Å²) in [5, 5.41) is 5.80. The Morgan fingerprint density at radius 2 is 1.68 bits per heavy atom. The maximum absolute atomic E-state index is 13.4. The molecule has 34 heavy (non-hydrogen) atoms. The van der Waals surface area contributed by atoms with Gasteiger partial charge in [0.2, 0.25) is 5.91 Å². The first kappa shape index (κ1) is 21.3. The van der Waals surface area contributed by atoms with Gasteiger partial charge in [0.05, 0.1) is 18.4 Å². The highest BCUT2D eigenvalue weighted by Gasteiger charge is 2.39. The van der Waals surface area contributed by atoms with Crippen LogP contribution in [0, 0.1) is 0 Å². The molecule has 172 valence electrons. The van der Waals surface area contributed by atoms with Crippen molar-refractivity contribution in [2.45, 2.75) is 13.5 Å². The van der Waals surface area contributed by atoms with Gasteiger partial charge in [0.25, 0.3) is 11.8 Å². The Kier molecular flexibility index (Phi) is 5.51. The Labute approximate surface area is 194 Å². The molecule has 3 heterocycles. The summed E-state index contributed by atoms with van der Waals surface area (Å²) in [5.74, 6) is 0.536. The molecular weight excluding hydrogens is 438 g/mol.